The van der Waals surface area contributed by atoms with Crippen molar-refractivity contribution in [2.24, 2.45) is 7.05 Å². The van der Waals surface area contributed by atoms with E-state index in [9.17, 15) is 22.4 Å². The summed E-state index contributed by atoms with van der Waals surface area (Å²) in [6.45, 7) is 0. The van der Waals surface area contributed by atoms with E-state index in [1.54, 1.807) is 13.1 Å². The minimum Gasteiger partial charge on any atom is -0.306 e. The fraction of sp³-hybridized carbons (Fsp3) is 0.0455. The van der Waals surface area contributed by atoms with Crippen LogP contribution in [0.5, 0.6) is 0 Å². The van der Waals surface area contributed by atoms with Crippen molar-refractivity contribution in [3.63, 3.8) is 0 Å². The number of carbonyl (C=O) groups is 1. The summed E-state index contributed by atoms with van der Waals surface area (Å²) >= 11 is 0. The van der Waals surface area contributed by atoms with E-state index < -0.39 is 34.7 Å². The molecule has 156 valence electrons. The van der Waals surface area contributed by atoms with Crippen LogP contribution in [-0.4, -0.2) is 20.7 Å². The van der Waals surface area contributed by atoms with E-state index in [1.807, 2.05) is 0 Å². The fourth-order valence-corrected chi connectivity index (χ4v) is 3.11. The molecule has 1 N–H and O–H groups in total. The molecule has 1 amide bonds. The number of hydrogen-bond donors (Lipinski definition) is 1. The first-order valence-corrected chi connectivity index (χ1v) is 9.05. The van der Waals surface area contributed by atoms with E-state index in [1.165, 1.54) is 29.1 Å². The summed E-state index contributed by atoms with van der Waals surface area (Å²) in [6.07, 6.45) is 1.39. The molecule has 0 fully saturated rings. The van der Waals surface area contributed by atoms with Gasteiger partial charge in [0.2, 0.25) is 0 Å². The van der Waals surface area contributed by atoms with E-state index in [4.69, 9.17) is 0 Å². The lowest BCUT2D eigenvalue weighted by Crippen LogP contribution is -2.16. The van der Waals surface area contributed by atoms with Crippen LogP contribution in [0, 0.1) is 23.3 Å². The third kappa shape index (κ3) is 3.89. The van der Waals surface area contributed by atoms with Gasteiger partial charge in [-0.3, -0.25) is 9.48 Å². The molecule has 0 saturated carbocycles. The van der Waals surface area contributed by atoms with Gasteiger partial charge in [-0.1, -0.05) is 12.1 Å². The van der Waals surface area contributed by atoms with Gasteiger partial charge in [0.15, 0.2) is 0 Å². The van der Waals surface area contributed by atoms with Crippen molar-refractivity contribution in [1.82, 2.24) is 14.8 Å². The van der Waals surface area contributed by atoms with Crippen molar-refractivity contribution in [2.75, 3.05) is 5.32 Å². The minimum absolute atomic E-state index is 0.0685. The van der Waals surface area contributed by atoms with E-state index in [-0.39, 0.29) is 17.1 Å². The number of benzene rings is 2. The number of pyridine rings is 1. The summed E-state index contributed by atoms with van der Waals surface area (Å²) in [7, 11) is 1.61. The van der Waals surface area contributed by atoms with Gasteiger partial charge in [0, 0.05) is 18.8 Å². The number of amides is 1. The predicted octanol–water partition coefficient (Wildman–Crippen LogP) is 4.96. The topological polar surface area (TPSA) is 59.8 Å². The predicted molar refractivity (Wildman–Crippen MR) is 106 cm³/mol. The molecule has 0 aliphatic carbocycles. The number of nitrogens with zero attached hydrogens (tertiary/aromatic N) is 3. The van der Waals surface area contributed by atoms with Gasteiger partial charge in [-0.2, -0.15) is 5.10 Å². The maximum absolute atomic E-state index is 14.1. The van der Waals surface area contributed by atoms with E-state index in [0.29, 0.717) is 11.3 Å². The SMILES string of the molecule is Cn1nc(-c2c(F)cccc2F)cc1-c1ccc(NC(=O)c2c(F)cccc2F)nc1. The summed E-state index contributed by atoms with van der Waals surface area (Å²) in [5.41, 5.74) is 0.224. The molecule has 0 unspecified atom stereocenters. The Kier molecular flexibility index (Phi) is 5.24. The Morgan fingerprint density at radius 3 is 2.10 bits per heavy atom. The fourth-order valence-electron chi connectivity index (χ4n) is 3.11. The Labute approximate surface area is 174 Å². The highest BCUT2D eigenvalue weighted by Crippen LogP contribution is 2.29. The molecule has 0 bridgehead atoms. The zero-order valence-corrected chi connectivity index (χ0v) is 16.0. The quantitative estimate of drug-likeness (QED) is 0.470. The Hall–Kier alpha value is -4.01. The smallest absolute Gasteiger partial charge is 0.262 e. The zero-order valence-electron chi connectivity index (χ0n) is 16.0. The molecule has 0 atom stereocenters. The molecule has 31 heavy (non-hydrogen) atoms. The molecule has 2 heterocycles. The Balaban J connectivity index is 1.59. The normalized spacial score (nSPS) is 10.9. The van der Waals surface area contributed by atoms with E-state index in [0.717, 1.165) is 30.3 Å². The van der Waals surface area contributed by atoms with Crippen LogP contribution in [0.4, 0.5) is 23.4 Å². The van der Waals surface area contributed by atoms with Crippen LogP contribution in [0.15, 0.2) is 60.8 Å². The summed E-state index contributed by atoms with van der Waals surface area (Å²) in [5, 5.41) is 6.49. The number of aryl methyl sites for hydroxylation is 1. The van der Waals surface area contributed by atoms with Gasteiger partial charge in [-0.05, 0) is 42.5 Å². The number of halogens is 4. The van der Waals surface area contributed by atoms with Crippen LogP contribution in [0.25, 0.3) is 22.5 Å². The summed E-state index contributed by atoms with van der Waals surface area (Å²) in [6, 6.07) is 11.2. The Morgan fingerprint density at radius 2 is 1.52 bits per heavy atom. The number of anilines is 1. The number of rotatable bonds is 4. The van der Waals surface area contributed by atoms with Crippen LogP contribution < -0.4 is 5.32 Å². The first-order chi connectivity index (χ1) is 14.8. The molecule has 0 saturated heterocycles. The lowest BCUT2D eigenvalue weighted by molar-refractivity contribution is 0.101. The van der Waals surface area contributed by atoms with Gasteiger partial charge in [0.05, 0.1) is 17.0 Å². The molecule has 0 aliphatic rings. The average molecular weight is 426 g/mol. The summed E-state index contributed by atoms with van der Waals surface area (Å²) in [4.78, 5) is 16.2. The monoisotopic (exact) mass is 426 g/mol. The molecule has 4 rings (SSSR count). The van der Waals surface area contributed by atoms with Gasteiger partial charge < -0.3 is 5.32 Å². The maximum Gasteiger partial charge on any atom is 0.262 e. The second kappa shape index (κ2) is 8.02. The third-order valence-corrected chi connectivity index (χ3v) is 4.59. The van der Waals surface area contributed by atoms with Crippen molar-refractivity contribution >= 4 is 11.7 Å². The zero-order chi connectivity index (χ0) is 22.1. The van der Waals surface area contributed by atoms with Crippen LogP contribution in [0.1, 0.15) is 10.4 Å². The molecule has 2 aromatic carbocycles. The standard InChI is InChI=1S/C22H14F4N4O/c1-30-18(10-17(29-30)20-13(23)4-2-5-14(20)24)12-8-9-19(27-11-12)28-22(31)21-15(25)6-3-7-16(21)26/h2-11H,1H3,(H,27,28,31). The highest BCUT2D eigenvalue weighted by atomic mass is 19.1. The molecule has 5 nitrogen and oxygen atoms in total. The van der Waals surface area contributed by atoms with Crippen molar-refractivity contribution in [3.05, 3.63) is 89.6 Å². The largest absolute Gasteiger partial charge is 0.306 e. The van der Waals surface area contributed by atoms with Crippen molar-refractivity contribution in [3.8, 4) is 22.5 Å². The number of carbonyl (C=O) groups excluding carboxylic acids is 1. The second-order valence-electron chi connectivity index (χ2n) is 6.62. The number of nitrogens with one attached hydrogen (secondary N) is 1. The molecule has 2 aromatic heterocycles. The average Bonchev–Trinajstić information content (AvgIpc) is 3.09. The second-order valence-corrected chi connectivity index (χ2v) is 6.62. The van der Waals surface area contributed by atoms with Crippen LogP contribution >= 0.6 is 0 Å². The maximum atomic E-state index is 14.1. The third-order valence-electron chi connectivity index (χ3n) is 4.59. The van der Waals surface area contributed by atoms with Crippen LogP contribution in [0.3, 0.4) is 0 Å². The molecule has 4 aromatic rings. The van der Waals surface area contributed by atoms with Crippen LogP contribution in [0.2, 0.25) is 0 Å². The first kappa shape index (κ1) is 20.3. The molecular formula is C22H14F4N4O. The lowest BCUT2D eigenvalue weighted by Gasteiger charge is -2.07. The molecular weight excluding hydrogens is 412 g/mol. The number of aromatic nitrogens is 3. The first-order valence-electron chi connectivity index (χ1n) is 9.05. The molecule has 0 radical (unpaired) electrons. The molecule has 9 heteroatoms. The van der Waals surface area contributed by atoms with Gasteiger partial charge in [0.25, 0.3) is 5.91 Å². The Bertz CT molecular complexity index is 1240. The van der Waals surface area contributed by atoms with Gasteiger partial charge in [-0.15, -0.1) is 0 Å². The summed E-state index contributed by atoms with van der Waals surface area (Å²) in [5.74, 6) is -4.36. The minimum atomic E-state index is -0.989. The van der Waals surface area contributed by atoms with Crippen molar-refractivity contribution < 1.29 is 22.4 Å². The van der Waals surface area contributed by atoms with Gasteiger partial charge >= 0.3 is 0 Å². The highest BCUT2D eigenvalue weighted by Gasteiger charge is 2.19. The van der Waals surface area contributed by atoms with Gasteiger partial charge in [0.1, 0.15) is 34.7 Å². The summed E-state index contributed by atoms with van der Waals surface area (Å²) < 4.78 is 57.0. The van der Waals surface area contributed by atoms with Crippen LogP contribution in [-0.2, 0) is 7.05 Å². The highest BCUT2D eigenvalue weighted by molar-refractivity contribution is 6.04. The lowest BCUT2D eigenvalue weighted by atomic mass is 10.1. The number of hydrogen-bond acceptors (Lipinski definition) is 3. The Morgan fingerprint density at radius 1 is 0.903 bits per heavy atom. The van der Waals surface area contributed by atoms with Crippen molar-refractivity contribution in [1.29, 1.82) is 0 Å². The van der Waals surface area contributed by atoms with E-state index in [2.05, 4.69) is 15.4 Å². The molecule has 0 spiro atoms. The van der Waals surface area contributed by atoms with Gasteiger partial charge in [-0.25, -0.2) is 22.5 Å². The van der Waals surface area contributed by atoms with E-state index >= 15 is 0 Å². The van der Waals surface area contributed by atoms with Crippen molar-refractivity contribution in [2.45, 2.75) is 0 Å². The molecule has 0 aliphatic heterocycles.